The van der Waals surface area contributed by atoms with Crippen molar-refractivity contribution in [3.8, 4) is 5.75 Å². The molecule has 2 aromatic rings. The summed E-state index contributed by atoms with van der Waals surface area (Å²) in [4.78, 5) is 38.9. The van der Waals surface area contributed by atoms with Crippen LogP contribution in [-0.2, 0) is 20.3 Å². The minimum atomic E-state index is -2.23. The number of pyridine rings is 2. The largest absolute Gasteiger partial charge is 0.491 e. The van der Waals surface area contributed by atoms with Gasteiger partial charge in [0.1, 0.15) is 22.8 Å². The van der Waals surface area contributed by atoms with E-state index in [0.29, 0.717) is 66.3 Å². The quantitative estimate of drug-likeness (QED) is 0.293. The van der Waals surface area contributed by atoms with E-state index in [9.17, 15) is 9.59 Å². The van der Waals surface area contributed by atoms with Gasteiger partial charge < -0.3 is 28.9 Å². The maximum absolute atomic E-state index is 13.4. The van der Waals surface area contributed by atoms with Crippen LogP contribution in [0.3, 0.4) is 0 Å². The molecule has 4 heterocycles. The van der Waals surface area contributed by atoms with Crippen molar-refractivity contribution in [1.82, 2.24) is 14.9 Å². The van der Waals surface area contributed by atoms with E-state index >= 15 is 0 Å². The van der Waals surface area contributed by atoms with Gasteiger partial charge in [-0.15, -0.1) is 0 Å². The van der Waals surface area contributed by atoms with Crippen molar-refractivity contribution in [1.29, 1.82) is 0 Å². The van der Waals surface area contributed by atoms with Crippen molar-refractivity contribution in [2.75, 3.05) is 37.0 Å². The van der Waals surface area contributed by atoms with E-state index < -0.39 is 31.7 Å². The molecule has 0 saturated carbocycles. The first-order chi connectivity index (χ1) is 22.4. The molecule has 0 spiro atoms. The molecule has 0 aliphatic carbocycles. The highest BCUT2D eigenvalue weighted by Gasteiger charge is 2.41. The molecular formula is C36H54ClN5O6Si. The van der Waals surface area contributed by atoms with Crippen molar-refractivity contribution < 1.29 is 28.2 Å². The molecule has 2 aliphatic heterocycles. The molecule has 11 nitrogen and oxygen atoms in total. The highest BCUT2D eigenvalue weighted by molar-refractivity contribution is 6.74. The van der Waals surface area contributed by atoms with E-state index in [4.69, 9.17) is 35.2 Å². The van der Waals surface area contributed by atoms with Crippen LogP contribution in [0.4, 0.5) is 26.9 Å². The number of carbonyl (C=O) groups is 2. The van der Waals surface area contributed by atoms with Gasteiger partial charge in [0.05, 0.1) is 29.1 Å². The van der Waals surface area contributed by atoms with Gasteiger partial charge in [0.15, 0.2) is 14.1 Å². The van der Waals surface area contributed by atoms with E-state index in [0.717, 1.165) is 16.8 Å². The summed E-state index contributed by atoms with van der Waals surface area (Å²) in [6, 6.07) is 3.56. The minimum Gasteiger partial charge on any atom is -0.491 e. The van der Waals surface area contributed by atoms with Gasteiger partial charge in [-0.3, -0.25) is 4.90 Å². The van der Waals surface area contributed by atoms with Crippen LogP contribution in [0.5, 0.6) is 5.75 Å². The number of hydrogen-bond acceptors (Lipinski definition) is 9. The second kappa shape index (κ2) is 14.1. The van der Waals surface area contributed by atoms with E-state index in [1.165, 1.54) is 4.90 Å². The molecular weight excluding hydrogens is 662 g/mol. The zero-order valence-corrected chi connectivity index (χ0v) is 33.2. The van der Waals surface area contributed by atoms with Gasteiger partial charge in [-0.25, -0.2) is 19.6 Å². The van der Waals surface area contributed by atoms with E-state index in [1.807, 2.05) is 54.5 Å². The predicted octanol–water partition coefficient (Wildman–Crippen LogP) is 8.90. The topological polar surface area (TPSA) is 115 Å². The Morgan fingerprint density at radius 1 is 1.04 bits per heavy atom. The molecule has 4 rings (SSSR count). The summed E-state index contributed by atoms with van der Waals surface area (Å²) in [5.74, 6) is 1.52. The lowest BCUT2D eigenvalue weighted by atomic mass is 9.98. The first-order valence-corrected chi connectivity index (χ1v) is 20.2. The fourth-order valence-electron chi connectivity index (χ4n) is 5.29. The van der Waals surface area contributed by atoms with Crippen molar-refractivity contribution in [2.24, 2.45) is 0 Å². The molecule has 49 heavy (non-hydrogen) atoms. The summed E-state index contributed by atoms with van der Waals surface area (Å²) < 4.78 is 24.5. The molecule has 2 amide bonds. The van der Waals surface area contributed by atoms with Crippen LogP contribution in [0.15, 0.2) is 18.2 Å². The zero-order chi connectivity index (χ0) is 36.7. The van der Waals surface area contributed by atoms with E-state index in [-0.39, 0.29) is 11.1 Å². The monoisotopic (exact) mass is 715 g/mol. The summed E-state index contributed by atoms with van der Waals surface area (Å²) in [7, 11) is -0.577. The van der Waals surface area contributed by atoms with Gasteiger partial charge in [-0.05, 0) is 84.7 Å². The summed E-state index contributed by atoms with van der Waals surface area (Å²) in [5, 5.41) is 3.65. The third-order valence-electron chi connectivity index (χ3n) is 8.66. The number of nitrogens with zero attached hydrogens (tertiary/aromatic N) is 4. The van der Waals surface area contributed by atoms with E-state index in [2.05, 4.69) is 44.2 Å². The maximum Gasteiger partial charge on any atom is 0.414 e. The van der Waals surface area contributed by atoms with Crippen molar-refractivity contribution >= 4 is 55.0 Å². The lowest BCUT2D eigenvalue weighted by Crippen LogP contribution is -2.48. The number of aryl methyl sites for hydroxylation is 1. The standard InChI is InChI=1S/C36H54ClN5O6Si/c1-22-18-24(41(11)32(43)46-34(2,3)4)20-27(38-22)40-31-29(37)28(30-26(39-31)15-17-45-30)23-14-16-42(33(44)47-35(5,6)7)21-25(19-23)48-49(12,13)36(8,9)10/h14,18,20,25H,15-17,19,21H2,1-13H3,(H,38,39,40). The Hall–Kier alpha value is -3.35. The van der Waals surface area contributed by atoms with E-state index in [1.54, 1.807) is 24.1 Å². The van der Waals surface area contributed by atoms with Crippen LogP contribution >= 0.6 is 11.6 Å². The number of fused-ring (bicyclic) bond motifs is 1. The third kappa shape index (κ3) is 9.67. The fraction of sp³-hybridized carbons (Fsp3) is 0.611. The SMILES string of the molecule is Cc1cc(N(C)C(=O)OC(C)(C)C)cc(Nc2nc3c(c(C4=CCN(C(=O)OC(C)(C)C)CC(O[Si](C)(C)C(C)(C)C)C4)c2Cl)OCC3)n1. The first-order valence-electron chi connectivity index (χ1n) is 16.9. The Labute approximate surface area is 297 Å². The molecule has 1 atom stereocenters. The Kier molecular flexibility index (Phi) is 11.1. The summed E-state index contributed by atoms with van der Waals surface area (Å²) in [6.07, 6.45) is 1.97. The molecule has 1 N–H and O–H groups in total. The Morgan fingerprint density at radius 2 is 1.69 bits per heavy atom. The number of anilines is 3. The van der Waals surface area contributed by atoms with Gasteiger partial charge in [-0.2, -0.15) is 0 Å². The van der Waals surface area contributed by atoms with Crippen molar-refractivity contribution in [3.63, 3.8) is 0 Å². The molecule has 0 saturated heterocycles. The summed E-state index contributed by atoms with van der Waals surface area (Å²) >= 11 is 7.24. The Balaban J connectivity index is 1.74. The molecule has 270 valence electrons. The normalized spacial score (nSPS) is 17.1. The van der Waals surface area contributed by atoms with Crippen LogP contribution in [-0.4, -0.2) is 79.4 Å². The smallest absolute Gasteiger partial charge is 0.414 e. The average Bonchev–Trinajstić information content (AvgIpc) is 3.29. The maximum atomic E-state index is 13.4. The number of nitrogens with one attached hydrogen (secondary N) is 1. The van der Waals surface area contributed by atoms with Gasteiger partial charge >= 0.3 is 12.2 Å². The molecule has 0 fully saturated rings. The van der Waals surface area contributed by atoms with Crippen LogP contribution in [0.1, 0.15) is 85.7 Å². The Bertz CT molecular complexity index is 1610. The summed E-state index contributed by atoms with van der Waals surface area (Å²) in [5.41, 5.74) is 2.42. The molecule has 1 unspecified atom stereocenters. The lowest BCUT2D eigenvalue weighted by molar-refractivity contribution is 0.0195. The van der Waals surface area contributed by atoms with Crippen LogP contribution in [0.2, 0.25) is 23.2 Å². The number of rotatable bonds is 6. The van der Waals surface area contributed by atoms with Gasteiger partial charge in [0, 0.05) is 43.9 Å². The predicted molar refractivity (Wildman–Crippen MR) is 198 cm³/mol. The minimum absolute atomic E-state index is 0.0348. The molecule has 2 aliphatic rings. The highest BCUT2D eigenvalue weighted by Crippen LogP contribution is 2.45. The molecule has 13 heteroatoms. The number of amides is 2. The third-order valence-corrected chi connectivity index (χ3v) is 13.6. The van der Waals surface area contributed by atoms with Gasteiger partial charge in [0.25, 0.3) is 0 Å². The molecule has 0 radical (unpaired) electrons. The highest BCUT2D eigenvalue weighted by atomic mass is 35.5. The average molecular weight is 716 g/mol. The second-order valence-corrected chi connectivity index (χ2v) is 21.5. The van der Waals surface area contributed by atoms with Crippen LogP contribution in [0.25, 0.3) is 5.57 Å². The zero-order valence-electron chi connectivity index (χ0n) is 31.5. The number of aromatic nitrogens is 2. The lowest BCUT2D eigenvalue weighted by Gasteiger charge is -2.40. The molecule has 0 aromatic carbocycles. The van der Waals surface area contributed by atoms with Gasteiger partial charge in [-0.1, -0.05) is 38.4 Å². The molecule has 2 aromatic heterocycles. The first kappa shape index (κ1) is 38.4. The number of ether oxygens (including phenoxy) is 3. The summed E-state index contributed by atoms with van der Waals surface area (Å²) in [6.45, 7) is 25.1. The fourth-order valence-corrected chi connectivity index (χ4v) is 6.93. The number of carbonyl (C=O) groups excluding carboxylic acids is 2. The molecule has 0 bridgehead atoms. The van der Waals surface area contributed by atoms with Crippen molar-refractivity contribution in [3.05, 3.63) is 40.2 Å². The van der Waals surface area contributed by atoms with Crippen LogP contribution in [0, 0.1) is 6.92 Å². The second-order valence-electron chi connectivity index (χ2n) is 16.4. The van der Waals surface area contributed by atoms with Crippen LogP contribution < -0.4 is 15.0 Å². The number of hydrogen-bond donors (Lipinski definition) is 1. The van der Waals surface area contributed by atoms with Gasteiger partial charge in [0.2, 0.25) is 0 Å². The number of halogens is 1. The Morgan fingerprint density at radius 3 is 2.31 bits per heavy atom. The van der Waals surface area contributed by atoms with Crippen molar-refractivity contribution in [2.45, 2.75) is 118 Å².